The lowest BCUT2D eigenvalue weighted by atomic mass is 10.0. The van der Waals surface area contributed by atoms with Gasteiger partial charge in [-0.05, 0) is 43.9 Å². The highest BCUT2D eigenvalue weighted by atomic mass is 15.1. The minimum atomic E-state index is 0.493. The SMILES string of the molecule is CCc1ccc(C(CC)NCCN(C)C2CCCC2)cc1. The van der Waals surface area contributed by atoms with E-state index in [-0.39, 0.29) is 0 Å². The van der Waals surface area contributed by atoms with Crippen LogP contribution in [-0.4, -0.2) is 31.1 Å². The van der Waals surface area contributed by atoms with Gasteiger partial charge in [0, 0.05) is 25.2 Å². The highest BCUT2D eigenvalue weighted by Crippen LogP contribution is 2.22. The van der Waals surface area contributed by atoms with Crippen molar-refractivity contribution in [1.82, 2.24) is 10.2 Å². The Morgan fingerprint density at radius 2 is 1.81 bits per heavy atom. The Hall–Kier alpha value is -0.860. The van der Waals surface area contributed by atoms with Gasteiger partial charge in [-0.3, -0.25) is 0 Å². The van der Waals surface area contributed by atoms with E-state index in [1.54, 1.807) is 0 Å². The van der Waals surface area contributed by atoms with Crippen molar-refractivity contribution in [3.63, 3.8) is 0 Å². The summed E-state index contributed by atoms with van der Waals surface area (Å²) in [6.45, 7) is 6.73. The summed E-state index contributed by atoms with van der Waals surface area (Å²) in [5.41, 5.74) is 2.85. The average Bonchev–Trinajstić information content (AvgIpc) is 3.06. The van der Waals surface area contributed by atoms with Crippen LogP contribution in [0, 0.1) is 0 Å². The third-order valence-corrected chi connectivity index (χ3v) is 5.00. The third kappa shape index (κ3) is 4.82. The van der Waals surface area contributed by atoms with Crippen LogP contribution < -0.4 is 5.32 Å². The van der Waals surface area contributed by atoms with Crippen molar-refractivity contribution in [1.29, 1.82) is 0 Å². The Labute approximate surface area is 130 Å². The van der Waals surface area contributed by atoms with E-state index in [4.69, 9.17) is 0 Å². The summed E-state index contributed by atoms with van der Waals surface area (Å²) in [6, 6.07) is 10.4. The average molecular weight is 288 g/mol. The van der Waals surface area contributed by atoms with E-state index in [9.17, 15) is 0 Å². The first-order valence-corrected chi connectivity index (χ1v) is 8.77. The summed E-state index contributed by atoms with van der Waals surface area (Å²) in [6.07, 6.45) is 7.90. The Morgan fingerprint density at radius 3 is 2.38 bits per heavy atom. The smallest absolute Gasteiger partial charge is 0.0318 e. The van der Waals surface area contributed by atoms with Crippen LogP contribution in [0.1, 0.15) is 63.1 Å². The monoisotopic (exact) mass is 288 g/mol. The van der Waals surface area contributed by atoms with Crippen LogP contribution in [0.3, 0.4) is 0 Å². The van der Waals surface area contributed by atoms with Crippen molar-refractivity contribution in [2.45, 2.75) is 64.5 Å². The molecule has 2 rings (SSSR count). The van der Waals surface area contributed by atoms with E-state index in [1.165, 1.54) is 36.8 Å². The van der Waals surface area contributed by atoms with Crippen LogP contribution in [0.25, 0.3) is 0 Å². The molecule has 1 aromatic carbocycles. The van der Waals surface area contributed by atoms with Gasteiger partial charge in [-0.1, -0.05) is 51.0 Å². The number of likely N-dealkylation sites (N-methyl/N-ethyl adjacent to an activating group) is 1. The maximum Gasteiger partial charge on any atom is 0.0318 e. The largest absolute Gasteiger partial charge is 0.309 e. The molecule has 0 heterocycles. The number of nitrogens with zero attached hydrogens (tertiary/aromatic N) is 1. The quantitative estimate of drug-likeness (QED) is 0.772. The predicted octanol–water partition coefficient (Wildman–Crippen LogP) is 4.16. The van der Waals surface area contributed by atoms with E-state index in [2.05, 4.69) is 55.4 Å². The van der Waals surface area contributed by atoms with Crippen LogP contribution in [0.5, 0.6) is 0 Å². The molecule has 118 valence electrons. The summed E-state index contributed by atoms with van der Waals surface area (Å²) in [5, 5.41) is 3.74. The third-order valence-electron chi connectivity index (χ3n) is 5.00. The zero-order valence-corrected chi connectivity index (χ0v) is 14.1. The normalized spacial score (nSPS) is 17.5. The summed E-state index contributed by atoms with van der Waals surface area (Å²) in [4.78, 5) is 2.55. The van der Waals surface area contributed by atoms with E-state index >= 15 is 0 Å². The minimum Gasteiger partial charge on any atom is -0.309 e. The van der Waals surface area contributed by atoms with E-state index in [1.807, 2.05) is 0 Å². The fourth-order valence-corrected chi connectivity index (χ4v) is 3.43. The van der Waals surface area contributed by atoms with Gasteiger partial charge < -0.3 is 10.2 Å². The van der Waals surface area contributed by atoms with Gasteiger partial charge in [-0.25, -0.2) is 0 Å². The highest BCUT2D eigenvalue weighted by molar-refractivity contribution is 5.25. The van der Waals surface area contributed by atoms with Gasteiger partial charge in [0.15, 0.2) is 0 Å². The lowest BCUT2D eigenvalue weighted by Gasteiger charge is -2.25. The molecule has 1 N–H and O–H groups in total. The molecule has 0 amide bonds. The van der Waals surface area contributed by atoms with Crippen LogP contribution in [0.2, 0.25) is 0 Å². The summed E-state index contributed by atoms with van der Waals surface area (Å²) >= 11 is 0. The highest BCUT2D eigenvalue weighted by Gasteiger charge is 2.19. The molecule has 1 unspecified atom stereocenters. The number of hydrogen-bond donors (Lipinski definition) is 1. The van der Waals surface area contributed by atoms with Gasteiger partial charge in [0.2, 0.25) is 0 Å². The van der Waals surface area contributed by atoms with Crippen LogP contribution in [0.15, 0.2) is 24.3 Å². The van der Waals surface area contributed by atoms with Crippen molar-refractivity contribution in [3.05, 3.63) is 35.4 Å². The fraction of sp³-hybridized carbons (Fsp3) is 0.684. The Kier molecular flexibility index (Phi) is 6.72. The molecule has 0 saturated heterocycles. The topological polar surface area (TPSA) is 15.3 Å². The molecule has 1 fully saturated rings. The molecule has 1 atom stereocenters. The first-order chi connectivity index (χ1) is 10.2. The summed E-state index contributed by atoms with van der Waals surface area (Å²) < 4.78 is 0. The fourth-order valence-electron chi connectivity index (χ4n) is 3.43. The summed E-state index contributed by atoms with van der Waals surface area (Å²) in [5.74, 6) is 0. The molecule has 2 nitrogen and oxygen atoms in total. The van der Waals surface area contributed by atoms with E-state index in [0.29, 0.717) is 6.04 Å². The van der Waals surface area contributed by atoms with E-state index in [0.717, 1.165) is 32.0 Å². The maximum atomic E-state index is 3.74. The second-order valence-electron chi connectivity index (χ2n) is 6.43. The second kappa shape index (κ2) is 8.55. The van der Waals surface area contributed by atoms with Crippen LogP contribution in [-0.2, 0) is 6.42 Å². The standard InChI is InChI=1S/C19H32N2/c1-4-16-10-12-17(13-11-16)19(5-2)20-14-15-21(3)18-8-6-7-9-18/h10-13,18-20H,4-9,14-15H2,1-3H3. The first-order valence-electron chi connectivity index (χ1n) is 8.77. The van der Waals surface area contributed by atoms with Gasteiger partial charge in [0.05, 0.1) is 0 Å². The number of hydrogen-bond acceptors (Lipinski definition) is 2. The molecule has 1 saturated carbocycles. The summed E-state index contributed by atoms with van der Waals surface area (Å²) in [7, 11) is 2.29. The number of aryl methyl sites for hydroxylation is 1. The van der Waals surface area contributed by atoms with Crippen molar-refractivity contribution in [3.8, 4) is 0 Å². The molecule has 0 spiro atoms. The lowest BCUT2D eigenvalue weighted by molar-refractivity contribution is 0.242. The Morgan fingerprint density at radius 1 is 1.14 bits per heavy atom. The first kappa shape index (κ1) is 16.5. The lowest BCUT2D eigenvalue weighted by Crippen LogP contribution is -2.36. The predicted molar refractivity (Wildman–Crippen MR) is 91.7 cm³/mol. The van der Waals surface area contributed by atoms with Crippen LogP contribution in [0.4, 0.5) is 0 Å². The molecule has 21 heavy (non-hydrogen) atoms. The van der Waals surface area contributed by atoms with Crippen molar-refractivity contribution >= 4 is 0 Å². The second-order valence-corrected chi connectivity index (χ2v) is 6.43. The molecular weight excluding hydrogens is 256 g/mol. The molecule has 1 aliphatic rings. The molecule has 0 aromatic heterocycles. The molecule has 2 heteroatoms. The molecule has 0 radical (unpaired) electrons. The van der Waals surface area contributed by atoms with Crippen molar-refractivity contribution in [2.75, 3.05) is 20.1 Å². The van der Waals surface area contributed by atoms with Crippen LogP contribution >= 0.6 is 0 Å². The van der Waals surface area contributed by atoms with Gasteiger partial charge in [0.1, 0.15) is 0 Å². The number of rotatable bonds is 8. The number of nitrogens with one attached hydrogen (secondary N) is 1. The Bertz CT molecular complexity index is 393. The maximum absolute atomic E-state index is 3.74. The van der Waals surface area contributed by atoms with Crippen molar-refractivity contribution in [2.24, 2.45) is 0 Å². The molecule has 0 bridgehead atoms. The minimum absolute atomic E-state index is 0.493. The van der Waals surface area contributed by atoms with Gasteiger partial charge >= 0.3 is 0 Å². The Balaban J connectivity index is 1.78. The zero-order valence-electron chi connectivity index (χ0n) is 14.1. The van der Waals surface area contributed by atoms with Gasteiger partial charge in [0.25, 0.3) is 0 Å². The zero-order chi connectivity index (χ0) is 15.1. The number of benzene rings is 1. The molecule has 0 aliphatic heterocycles. The van der Waals surface area contributed by atoms with Crippen molar-refractivity contribution < 1.29 is 0 Å². The molecule has 1 aliphatic carbocycles. The molecule has 1 aromatic rings. The van der Waals surface area contributed by atoms with E-state index < -0.39 is 0 Å². The van der Waals surface area contributed by atoms with Gasteiger partial charge in [-0.15, -0.1) is 0 Å². The van der Waals surface area contributed by atoms with Gasteiger partial charge in [-0.2, -0.15) is 0 Å². The molecular formula is C19H32N2.